The molecule has 0 amide bonds. The molecule has 0 aromatic heterocycles. The van der Waals surface area contributed by atoms with Crippen molar-refractivity contribution in [3.8, 4) is 0 Å². The Morgan fingerprint density at radius 2 is 1.53 bits per heavy atom. The van der Waals surface area contributed by atoms with Crippen LogP contribution in [0.1, 0.15) is 106 Å². The normalized spacial score (nSPS) is 47.6. The van der Waals surface area contributed by atoms with Crippen molar-refractivity contribution in [3.05, 3.63) is 11.1 Å². The molecule has 8 atom stereocenters. The van der Waals surface area contributed by atoms with E-state index in [1.54, 1.807) is 0 Å². The molecule has 8 unspecified atom stereocenters. The summed E-state index contributed by atoms with van der Waals surface area (Å²) in [6.45, 7) is 15.9. The molecular formula is C31H46O5. The van der Waals surface area contributed by atoms with Crippen LogP contribution in [-0.4, -0.2) is 33.9 Å². The molecule has 5 heteroatoms. The highest BCUT2D eigenvalue weighted by atomic mass is 16.4. The zero-order valence-corrected chi connectivity index (χ0v) is 23.4. The molecule has 4 saturated carbocycles. The minimum absolute atomic E-state index is 0.00943. The zero-order valence-electron chi connectivity index (χ0n) is 23.4. The molecule has 4 fully saturated rings. The summed E-state index contributed by atoms with van der Waals surface area (Å²) in [7, 11) is 0. The number of ketones is 2. The molecule has 0 aromatic rings. The molecule has 0 aromatic carbocycles. The van der Waals surface area contributed by atoms with Gasteiger partial charge in [-0.25, -0.2) is 4.79 Å². The Hall–Kier alpha value is -1.49. The summed E-state index contributed by atoms with van der Waals surface area (Å²) in [5.74, 6) is -1.13. The maximum absolute atomic E-state index is 13.4. The monoisotopic (exact) mass is 498 g/mol. The Bertz CT molecular complexity index is 1050. The number of Topliss-reactive ketones (excluding diaryl/α,β-unsaturated/α-hetero) is 2. The van der Waals surface area contributed by atoms with Crippen LogP contribution >= 0.6 is 0 Å². The van der Waals surface area contributed by atoms with Gasteiger partial charge in [0.25, 0.3) is 0 Å². The Balaban J connectivity index is 1.63. The van der Waals surface area contributed by atoms with E-state index < -0.39 is 17.2 Å². The maximum Gasteiger partial charge on any atom is 0.373 e. The number of aliphatic hydroxyl groups excluding tert-OH is 1. The first-order chi connectivity index (χ1) is 16.6. The van der Waals surface area contributed by atoms with Gasteiger partial charge in [-0.3, -0.25) is 9.59 Å². The minimum atomic E-state index is -1.40. The lowest BCUT2D eigenvalue weighted by Gasteiger charge is -2.72. The van der Waals surface area contributed by atoms with Gasteiger partial charge < -0.3 is 10.2 Å². The molecule has 5 rings (SSSR count). The SMILES string of the molecule is CC(C)C1=C2C3CCC4C5(C)CCC(O)C(C)(C)C5CCC4(C)C3(C)CCC2(C(=O)C(=O)O)CC1=O. The standard InChI is InChI=1S/C31H46O5/c1-17(2)23-19(32)16-31(25(34)26(35)36)15-14-29(6)18(24(23)31)8-9-21-28(5)12-11-22(33)27(3,4)20(28)10-13-30(21,29)7/h17-18,20-22,33H,8-16H2,1-7H3,(H,35,36). The lowest BCUT2D eigenvalue weighted by Crippen LogP contribution is -2.66. The summed E-state index contributed by atoms with van der Waals surface area (Å²) >= 11 is 0. The van der Waals surface area contributed by atoms with Crippen LogP contribution in [0.25, 0.3) is 0 Å². The zero-order chi connectivity index (χ0) is 26.6. The number of carbonyl (C=O) groups excluding carboxylic acids is 2. The fraction of sp³-hybridized carbons (Fsp3) is 0.839. The van der Waals surface area contributed by atoms with Crippen molar-refractivity contribution in [1.29, 1.82) is 0 Å². The van der Waals surface area contributed by atoms with E-state index >= 15 is 0 Å². The quantitative estimate of drug-likeness (QED) is 0.467. The third kappa shape index (κ3) is 2.96. The first-order valence-corrected chi connectivity index (χ1v) is 14.3. The summed E-state index contributed by atoms with van der Waals surface area (Å²) < 4.78 is 0. The van der Waals surface area contributed by atoms with Gasteiger partial charge in [0.05, 0.1) is 11.5 Å². The van der Waals surface area contributed by atoms with Crippen molar-refractivity contribution in [2.45, 2.75) is 112 Å². The number of carbonyl (C=O) groups is 3. The fourth-order valence-corrected chi connectivity index (χ4v) is 11.1. The fourth-order valence-electron chi connectivity index (χ4n) is 11.1. The van der Waals surface area contributed by atoms with E-state index in [9.17, 15) is 24.6 Å². The summed E-state index contributed by atoms with van der Waals surface area (Å²) in [6.07, 6.45) is 7.05. The second-order valence-corrected chi connectivity index (χ2v) is 14.8. The van der Waals surface area contributed by atoms with E-state index in [1.165, 1.54) is 0 Å². The molecule has 5 aliphatic rings. The second-order valence-electron chi connectivity index (χ2n) is 14.8. The van der Waals surface area contributed by atoms with Gasteiger partial charge in [0.1, 0.15) is 0 Å². The van der Waals surface area contributed by atoms with E-state index in [0.717, 1.165) is 56.1 Å². The van der Waals surface area contributed by atoms with Gasteiger partial charge in [0.2, 0.25) is 5.78 Å². The molecule has 0 bridgehead atoms. The average Bonchev–Trinajstić information content (AvgIpc) is 3.09. The van der Waals surface area contributed by atoms with Gasteiger partial charge in [-0.15, -0.1) is 0 Å². The van der Waals surface area contributed by atoms with E-state index in [-0.39, 0.29) is 51.8 Å². The van der Waals surface area contributed by atoms with Crippen LogP contribution in [0.15, 0.2) is 11.1 Å². The van der Waals surface area contributed by atoms with Crippen molar-refractivity contribution >= 4 is 17.5 Å². The summed E-state index contributed by atoms with van der Waals surface area (Å²) in [5.41, 5.74) is 0.515. The average molecular weight is 499 g/mol. The van der Waals surface area contributed by atoms with Gasteiger partial charge >= 0.3 is 5.97 Å². The summed E-state index contributed by atoms with van der Waals surface area (Å²) in [6, 6.07) is 0. The topological polar surface area (TPSA) is 91.7 Å². The summed E-state index contributed by atoms with van der Waals surface area (Å²) in [5, 5.41) is 20.7. The maximum atomic E-state index is 13.4. The minimum Gasteiger partial charge on any atom is -0.475 e. The molecule has 36 heavy (non-hydrogen) atoms. The van der Waals surface area contributed by atoms with Crippen LogP contribution in [0.2, 0.25) is 0 Å². The predicted molar refractivity (Wildman–Crippen MR) is 138 cm³/mol. The lowest BCUT2D eigenvalue weighted by atomic mass is 9.33. The molecule has 0 aliphatic heterocycles. The third-order valence-corrected chi connectivity index (χ3v) is 13.0. The van der Waals surface area contributed by atoms with Gasteiger partial charge in [-0.05, 0) is 108 Å². The smallest absolute Gasteiger partial charge is 0.373 e. The van der Waals surface area contributed by atoms with Gasteiger partial charge in [0, 0.05) is 6.42 Å². The first kappa shape index (κ1) is 26.1. The number of hydrogen-bond donors (Lipinski definition) is 2. The molecular weight excluding hydrogens is 452 g/mol. The van der Waals surface area contributed by atoms with Crippen LogP contribution in [0.5, 0.6) is 0 Å². The Kier molecular flexibility index (Phi) is 5.64. The molecule has 200 valence electrons. The number of hydrogen-bond acceptors (Lipinski definition) is 4. The second kappa shape index (κ2) is 7.77. The largest absolute Gasteiger partial charge is 0.475 e. The number of fused-ring (bicyclic) bond motifs is 7. The number of aliphatic carboxylic acids is 1. The van der Waals surface area contributed by atoms with Crippen molar-refractivity contribution in [1.82, 2.24) is 0 Å². The van der Waals surface area contributed by atoms with Crippen molar-refractivity contribution in [3.63, 3.8) is 0 Å². The highest BCUT2D eigenvalue weighted by molar-refractivity contribution is 6.37. The van der Waals surface area contributed by atoms with Crippen molar-refractivity contribution in [2.24, 2.45) is 50.7 Å². The van der Waals surface area contributed by atoms with E-state index in [1.807, 2.05) is 13.8 Å². The van der Waals surface area contributed by atoms with Crippen LogP contribution < -0.4 is 0 Å². The molecule has 0 heterocycles. The van der Waals surface area contributed by atoms with Gasteiger partial charge in [-0.1, -0.05) is 48.5 Å². The predicted octanol–water partition coefficient (Wildman–Crippen LogP) is 5.98. The lowest BCUT2D eigenvalue weighted by molar-refractivity contribution is -0.228. The van der Waals surface area contributed by atoms with Gasteiger partial charge in [-0.2, -0.15) is 0 Å². The summed E-state index contributed by atoms with van der Waals surface area (Å²) in [4.78, 5) is 38.7. The van der Waals surface area contributed by atoms with Crippen molar-refractivity contribution < 1.29 is 24.6 Å². The van der Waals surface area contributed by atoms with Crippen LogP contribution in [-0.2, 0) is 14.4 Å². The molecule has 2 N–H and O–H groups in total. The van der Waals surface area contributed by atoms with Crippen molar-refractivity contribution in [2.75, 3.05) is 0 Å². The van der Waals surface area contributed by atoms with Crippen LogP contribution in [0.3, 0.4) is 0 Å². The molecule has 5 nitrogen and oxygen atoms in total. The molecule has 0 radical (unpaired) electrons. The molecule has 0 saturated heterocycles. The number of carboxylic acid groups (broad SMARTS) is 1. The van der Waals surface area contributed by atoms with E-state index in [2.05, 4.69) is 34.6 Å². The Morgan fingerprint density at radius 3 is 2.14 bits per heavy atom. The molecule has 5 aliphatic carbocycles. The van der Waals surface area contributed by atoms with E-state index in [4.69, 9.17) is 0 Å². The first-order valence-electron chi connectivity index (χ1n) is 14.3. The highest BCUT2D eigenvalue weighted by Crippen LogP contribution is 2.76. The molecule has 0 spiro atoms. The number of allylic oxidation sites excluding steroid dienone is 2. The number of carboxylic acids is 1. The highest BCUT2D eigenvalue weighted by Gasteiger charge is 2.71. The van der Waals surface area contributed by atoms with Crippen LogP contribution in [0.4, 0.5) is 0 Å². The van der Waals surface area contributed by atoms with Gasteiger partial charge in [0.15, 0.2) is 5.78 Å². The Labute approximate surface area is 216 Å². The van der Waals surface area contributed by atoms with Crippen LogP contribution in [0, 0.1) is 50.7 Å². The Morgan fingerprint density at radius 1 is 0.861 bits per heavy atom. The third-order valence-electron chi connectivity index (χ3n) is 13.0. The number of rotatable bonds is 3. The van der Waals surface area contributed by atoms with E-state index in [0.29, 0.717) is 18.3 Å². The number of aliphatic hydroxyl groups is 1.